The van der Waals surface area contributed by atoms with Crippen molar-refractivity contribution in [3.63, 3.8) is 0 Å². The minimum Gasteiger partial charge on any atom is -0.383 e. The molecule has 2 rings (SSSR count). The van der Waals surface area contributed by atoms with Crippen molar-refractivity contribution >= 4 is 60.9 Å². The summed E-state index contributed by atoms with van der Waals surface area (Å²) in [4.78, 5) is 16.0. The van der Waals surface area contributed by atoms with E-state index in [2.05, 4.69) is 42.2 Å². The first-order valence-electron chi connectivity index (χ1n) is 5.25. The van der Waals surface area contributed by atoms with Gasteiger partial charge in [0, 0.05) is 15.1 Å². The number of hydrogen-bond donors (Lipinski definition) is 2. The molecular weight excluding hydrogens is 416 g/mol. The van der Waals surface area contributed by atoms with Crippen LogP contribution in [0.2, 0.25) is 5.02 Å². The van der Waals surface area contributed by atoms with Gasteiger partial charge in [-0.25, -0.2) is 9.37 Å². The molecule has 0 spiro atoms. The van der Waals surface area contributed by atoms with Gasteiger partial charge in [0.05, 0.1) is 16.3 Å². The number of hydrogen-bond acceptors (Lipinski definition) is 3. The largest absolute Gasteiger partial charge is 0.383 e. The third-order valence-corrected chi connectivity index (χ3v) is 3.73. The lowest BCUT2D eigenvalue weighted by Crippen LogP contribution is -2.15. The number of amides is 1. The second-order valence-corrected chi connectivity index (χ2v) is 5.96. The number of carbonyl (C=O) groups excluding carboxylic acids is 1. The minimum atomic E-state index is -0.511. The van der Waals surface area contributed by atoms with E-state index >= 15 is 0 Å². The monoisotopic (exact) mass is 421 g/mol. The molecule has 20 heavy (non-hydrogen) atoms. The Labute approximate surface area is 135 Å². The topological polar surface area (TPSA) is 68.0 Å². The van der Waals surface area contributed by atoms with Crippen molar-refractivity contribution in [3.05, 3.63) is 49.7 Å². The zero-order valence-electron chi connectivity index (χ0n) is 9.75. The molecule has 0 aliphatic carbocycles. The molecule has 0 aliphatic heterocycles. The maximum Gasteiger partial charge on any atom is 0.259 e. The van der Waals surface area contributed by atoms with E-state index in [0.717, 1.165) is 6.07 Å². The molecule has 1 aromatic carbocycles. The predicted molar refractivity (Wildman–Crippen MR) is 83.4 cm³/mol. The third-order valence-electron chi connectivity index (χ3n) is 2.38. The zero-order chi connectivity index (χ0) is 14.9. The van der Waals surface area contributed by atoms with Gasteiger partial charge < -0.3 is 11.1 Å². The van der Waals surface area contributed by atoms with E-state index in [1.165, 1.54) is 18.3 Å². The number of aromatic nitrogens is 1. The Balaban J connectivity index is 2.35. The Hall–Kier alpha value is -1.18. The molecule has 0 radical (unpaired) electrons. The van der Waals surface area contributed by atoms with Crippen LogP contribution < -0.4 is 11.1 Å². The van der Waals surface area contributed by atoms with Crippen LogP contribution in [0.3, 0.4) is 0 Å². The van der Waals surface area contributed by atoms with Crippen molar-refractivity contribution in [1.29, 1.82) is 0 Å². The van der Waals surface area contributed by atoms with Gasteiger partial charge in [-0.15, -0.1) is 0 Å². The van der Waals surface area contributed by atoms with E-state index in [1.54, 1.807) is 0 Å². The van der Waals surface area contributed by atoms with Crippen molar-refractivity contribution in [2.24, 2.45) is 0 Å². The molecule has 0 unspecified atom stereocenters. The molecular formula is C12H7Br2ClFN3O. The fourth-order valence-electron chi connectivity index (χ4n) is 1.47. The van der Waals surface area contributed by atoms with Crippen LogP contribution in [0.1, 0.15) is 10.4 Å². The lowest BCUT2D eigenvalue weighted by atomic mass is 10.2. The van der Waals surface area contributed by atoms with Crippen LogP contribution in [-0.4, -0.2) is 10.9 Å². The molecule has 0 saturated carbocycles. The molecule has 0 bridgehead atoms. The highest BCUT2D eigenvalue weighted by Crippen LogP contribution is 2.32. The Morgan fingerprint density at radius 1 is 1.35 bits per heavy atom. The van der Waals surface area contributed by atoms with Crippen molar-refractivity contribution in [1.82, 2.24) is 4.98 Å². The molecule has 104 valence electrons. The first-order chi connectivity index (χ1) is 9.38. The van der Waals surface area contributed by atoms with Crippen LogP contribution in [0.4, 0.5) is 15.9 Å². The van der Waals surface area contributed by atoms with Gasteiger partial charge in [-0.2, -0.15) is 0 Å². The van der Waals surface area contributed by atoms with Crippen molar-refractivity contribution < 1.29 is 9.18 Å². The van der Waals surface area contributed by atoms with Gasteiger partial charge in [0.25, 0.3) is 5.91 Å². The highest BCUT2D eigenvalue weighted by atomic mass is 79.9. The summed E-state index contributed by atoms with van der Waals surface area (Å²) in [6.07, 6.45) is 1.48. The molecule has 3 N–H and O–H groups in total. The molecule has 0 saturated heterocycles. The SMILES string of the molecule is Nc1ncc(Br)cc1C(=O)Nc1c(Cl)cc(F)cc1Br. The van der Waals surface area contributed by atoms with Crippen molar-refractivity contribution in [2.75, 3.05) is 11.1 Å². The van der Waals surface area contributed by atoms with Gasteiger partial charge in [-0.05, 0) is 50.1 Å². The number of rotatable bonds is 2. The van der Waals surface area contributed by atoms with E-state index in [1.807, 2.05) is 0 Å². The van der Waals surface area contributed by atoms with E-state index < -0.39 is 11.7 Å². The molecule has 0 aliphatic rings. The highest BCUT2D eigenvalue weighted by molar-refractivity contribution is 9.10. The highest BCUT2D eigenvalue weighted by Gasteiger charge is 2.16. The van der Waals surface area contributed by atoms with E-state index in [9.17, 15) is 9.18 Å². The molecule has 8 heteroatoms. The summed E-state index contributed by atoms with van der Waals surface area (Å²) >= 11 is 12.2. The first-order valence-corrected chi connectivity index (χ1v) is 7.22. The maximum atomic E-state index is 13.1. The summed E-state index contributed by atoms with van der Waals surface area (Å²) in [5.74, 6) is -0.922. The van der Waals surface area contributed by atoms with E-state index in [0.29, 0.717) is 8.95 Å². The van der Waals surface area contributed by atoms with Crippen molar-refractivity contribution in [2.45, 2.75) is 0 Å². The molecule has 4 nitrogen and oxygen atoms in total. The number of nitrogens with zero attached hydrogens (tertiary/aromatic N) is 1. The molecule has 1 aromatic heterocycles. The number of nitrogen functional groups attached to an aromatic ring is 1. The summed E-state index contributed by atoms with van der Waals surface area (Å²) < 4.78 is 14.1. The Kier molecular flexibility index (Phi) is 4.62. The number of pyridine rings is 1. The summed E-state index contributed by atoms with van der Waals surface area (Å²) in [5, 5.41) is 2.64. The number of benzene rings is 1. The van der Waals surface area contributed by atoms with Crippen LogP contribution in [-0.2, 0) is 0 Å². The molecule has 0 atom stereocenters. The number of nitrogens with two attached hydrogens (primary N) is 1. The second kappa shape index (κ2) is 6.07. The number of nitrogens with one attached hydrogen (secondary N) is 1. The van der Waals surface area contributed by atoms with Crippen LogP contribution >= 0.6 is 43.5 Å². The Morgan fingerprint density at radius 3 is 2.70 bits per heavy atom. The number of halogens is 4. The molecule has 1 heterocycles. The van der Waals surface area contributed by atoms with Crippen molar-refractivity contribution in [3.8, 4) is 0 Å². The van der Waals surface area contributed by atoms with Crippen LogP contribution in [0.15, 0.2) is 33.3 Å². The lowest BCUT2D eigenvalue weighted by molar-refractivity contribution is 0.102. The third kappa shape index (κ3) is 3.28. The minimum absolute atomic E-state index is 0.0757. The smallest absolute Gasteiger partial charge is 0.259 e. The van der Waals surface area contributed by atoms with Gasteiger partial charge in [0.1, 0.15) is 11.6 Å². The number of carbonyl (C=O) groups is 1. The summed E-state index contributed by atoms with van der Waals surface area (Å²) in [5.41, 5.74) is 6.09. The molecule has 1 amide bonds. The molecule has 2 aromatic rings. The van der Waals surface area contributed by atoms with Crippen LogP contribution in [0, 0.1) is 5.82 Å². The second-order valence-electron chi connectivity index (χ2n) is 3.78. The van der Waals surface area contributed by atoms with E-state index in [-0.39, 0.29) is 22.1 Å². The quantitative estimate of drug-likeness (QED) is 0.760. The average molecular weight is 423 g/mol. The summed E-state index contributed by atoms with van der Waals surface area (Å²) in [7, 11) is 0. The average Bonchev–Trinajstić information content (AvgIpc) is 2.36. The molecule has 0 fully saturated rings. The Bertz CT molecular complexity index is 673. The summed E-state index contributed by atoms with van der Waals surface area (Å²) in [6, 6.07) is 3.83. The zero-order valence-corrected chi connectivity index (χ0v) is 13.7. The normalized spacial score (nSPS) is 10.4. The van der Waals surface area contributed by atoms with Gasteiger partial charge in [0.2, 0.25) is 0 Å². The lowest BCUT2D eigenvalue weighted by Gasteiger charge is -2.11. The van der Waals surface area contributed by atoms with Gasteiger partial charge in [-0.1, -0.05) is 11.6 Å². The Morgan fingerprint density at radius 2 is 2.05 bits per heavy atom. The fraction of sp³-hybridized carbons (Fsp3) is 0. The number of anilines is 2. The summed E-state index contributed by atoms with van der Waals surface area (Å²) in [6.45, 7) is 0. The fourth-order valence-corrected chi connectivity index (χ4v) is 2.70. The van der Waals surface area contributed by atoms with E-state index in [4.69, 9.17) is 17.3 Å². The van der Waals surface area contributed by atoms with Crippen LogP contribution in [0.25, 0.3) is 0 Å². The van der Waals surface area contributed by atoms with Crippen LogP contribution in [0.5, 0.6) is 0 Å². The van der Waals surface area contributed by atoms with Gasteiger partial charge in [0.15, 0.2) is 0 Å². The maximum absolute atomic E-state index is 13.1. The van der Waals surface area contributed by atoms with Gasteiger partial charge in [-0.3, -0.25) is 4.79 Å². The standard InChI is InChI=1S/C12H7Br2ClFN3O/c13-5-1-7(11(17)18-4-5)12(20)19-10-8(14)2-6(16)3-9(10)15/h1-4H,(H2,17,18)(H,19,20). The first kappa shape index (κ1) is 15.2. The predicted octanol–water partition coefficient (Wildman–Crippen LogP) is 4.23. The van der Waals surface area contributed by atoms with Gasteiger partial charge >= 0.3 is 0 Å².